The second-order valence-electron chi connectivity index (χ2n) is 5.55. The van der Waals surface area contributed by atoms with Crippen molar-refractivity contribution >= 4 is 17.2 Å². The van der Waals surface area contributed by atoms with Crippen LogP contribution in [0.5, 0.6) is 0 Å². The van der Waals surface area contributed by atoms with E-state index < -0.39 is 0 Å². The molecule has 0 saturated heterocycles. The van der Waals surface area contributed by atoms with Crippen LogP contribution in [0.15, 0.2) is 18.0 Å². The molecule has 116 valence electrons. The van der Waals surface area contributed by atoms with Gasteiger partial charge in [-0.3, -0.25) is 0 Å². The highest BCUT2D eigenvalue weighted by molar-refractivity contribution is 7.80. The summed E-state index contributed by atoms with van der Waals surface area (Å²) >= 11 is 5.45. The van der Waals surface area contributed by atoms with E-state index in [1.165, 1.54) is 25.7 Å². The van der Waals surface area contributed by atoms with Gasteiger partial charge in [-0.1, -0.05) is 71.7 Å². The Morgan fingerprint density at radius 2 is 1.95 bits per heavy atom. The van der Waals surface area contributed by atoms with Gasteiger partial charge in [0.1, 0.15) is 0 Å². The molecule has 0 rings (SSSR count). The number of allylic oxidation sites excluding steroid dienone is 1. The van der Waals surface area contributed by atoms with Gasteiger partial charge in [0, 0.05) is 7.05 Å². The van der Waals surface area contributed by atoms with E-state index in [1.54, 1.807) is 0 Å². The molecule has 0 aliphatic rings. The largest absolute Gasteiger partial charge is 0.381 e. The minimum atomic E-state index is 0.197. The minimum absolute atomic E-state index is 0.197. The lowest BCUT2D eigenvalue weighted by molar-refractivity contribution is 0.431. The third kappa shape index (κ3) is 8.39. The first-order chi connectivity index (χ1) is 9.58. The topological polar surface area (TPSA) is 24.1 Å². The summed E-state index contributed by atoms with van der Waals surface area (Å²) in [5.41, 5.74) is 4.09. The molecule has 2 N–H and O–H groups in total. The standard InChI is InChI=1S/C17H32N2S/c1-6-9-10-12-14(4)13-16(17(20)18-5)19-15(8-3)11-7-2/h14,16,19H,3,6-7,9-13H2,1-2,4-5H3,(H,18,20). The van der Waals surface area contributed by atoms with Crippen LogP contribution in [0.4, 0.5) is 0 Å². The number of hydrogen-bond acceptors (Lipinski definition) is 2. The van der Waals surface area contributed by atoms with Crippen molar-refractivity contribution in [3.63, 3.8) is 0 Å². The summed E-state index contributed by atoms with van der Waals surface area (Å²) in [6.45, 7) is 10.5. The molecule has 0 spiro atoms. The maximum atomic E-state index is 5.45. The predicted molar refractivity (Wildman–Crippen MR) is 94.1 cm³/mol. The molecule has 0 aromatic carbocycles. The highest BCUT2D eigenvalue weighted by atomic mass is 32.1. The van der Waals surface area contributed by atoms with E-state index in [4.69, 9.17) is 12.2 Å². The van der Waals surface area contributed by atoms with Gasteiger partial charge in [-0.25, -0.2) is 0 Å². The molecule has 20 heavy (non-hydrogen) atoms. The number of rotatable bonds is 11. The summed E-state index contributed by atoms with van der Waals surface area (Å²) in [4.78, 5) is 0.885. The maximum Gasteiger partial charge on any atom is 0.0977 e. The molecule has 3 heteroatoms. The van der Waals surface area contributed by atoms with Gasteiger partial charge in [-0.15, -0.1) is 5.73 Å². The van der Waals surface area contributed by atoms with E-state index in [-0.39, 0.29) is 6.04 Å². The van der Waals surface area contributed by atoms with Gasteiger partial charge in [-0.05, 0) is 18.8 Å². The summed E-state index contributed by atoms with van der Waals surface area (Å²) in [6, 6.07) is 0.197. The van der Waals surface area contributed by atoms with Crippen LogP contribution >= 0.6 is 12.2 Å². The van der Waals surface area contributed by atoms with Crippen molar-refractivity contribution in [1.29, 1.82) is 0 Å². The summed E-state index contributed by atoms with van der Waals surface area (Å²) in [7, 11) is 1.90. The van der Waals surface area contributed by atoms with Crippen molar-refractivity contribution in [2.24, 2.45) is 5.92 Å². The quantitative estimate of drug-likeness (QED) is 0.332. The molecule has 0 aromatic heterocycles. The molecule has 0 fully saturated rings. The highest BCUT2D eigenvalue weighted by Crippen LogP contribution is 2.16. The molecular weight excluding hydrogens is 264 g/mol. The normalized spacial score (nSPS) is 13.2. The minimum Gasteiger partial charge on any atom is -0.381 e. The lowest BCUT2D eigenvalue weighted by Crippen LogP contribution is -2.42. The number of unbranched alkanes of at least 4 members (excludes halogenated alkanes) is 2. The highest BCUT2D eigenvalue weighted by Gasteiger charge is 2.17. The monoisotopic (exact) mass is 296 g/mol. The van der Waals surface area contributed by atoms with E-state index in [9.17, 15) is 0 Å². The van der Waals surface area contributed by atoms with E-state index in [2.05, 4.69) is 43.7 Å². The molecule has 2 nitrogen and oxygen atoms in total. The fourth-order valence-electron chi connectivity index (χ4n) is 2.34. The molecule has 0 aliphatic carbocycles. The van der Waals surface area contributed by atoms with Gasteiger partial charge in [0.25, 0.3) is 0 Å². The summed E-state index contributed by atoms with van der Waals surface area (Å²) in [5.74, 6) is 0.679. The molecule has 0 aromatic rings. The van der Waals surface area contributed by atoms with Crippen LogP contribution in [0, 0.1) is 5.92 Å². The molecule has 2 atom stereocenters. The van der Waals surface area contributed by atoms with Gasteiger partial charge in [0.15, 0.2) is 0 Å². The van der Waals surface area contributed by atoms with Crippen molar-refractivity contribution in [3.8, 4) is 0 Å². The second kappa shape index (κ2) is 12.0. The van der Waals surface area contributed by atoms with Crippen molar-refractivity contribution in [1.82, 2.24) is 10.6 Å². The van der Waals surface area contributed by atoms with Crippen LogP contribution < -0.4 is 10.6 Å². The molecule has 0 heterocycles. The van der Waals surface area contributed by atoms with Crippen LogP contribution in [-0.2, 0) is 0 Å². The Morgan fingerprint density at radius 3 is 2.45 bits per heavy atom. The second-order valence-corrected chi connectivity index (χ2v) is 5.99. The fraction of sp³-hybridized carbons (Fsp3) is 0.765. The summed E-state index contributed by atoms with van der Waals surface area (Å²) in [5, 5.41) is 6.63. The van der Waals surface area contributed by atoms with Crippen molar-refractivity contribution < 1.29 is 0 Å². The first-order valence-electron chi connectivity index (χ1n) is 7.95. The maximum absolute atomic E-state index is 5.45. The average molecular weight is 297 g/mol. The Hall–Kier alpha value is -0.790. The molecular formula is C17H32N2S. The van der Waals surface area contributed by atoms with Gasteiger partial charge in [0.2, 0.25) is 0 Å². The van der Waals surface area contributed by atoms with Gasteiger partial charge in [0.05, 0.1) is 16.7 Å². The molecule has 0 bridgehead atoms. The number of nitrogens with one attached hydrogen (secondary N) is 2. The van der Waals surface area contributed by atoms with E-state index >= 15 is 0 Å². The summed E-state index contributed by atoms with van der Waals surface area (Å²) < 4.78 is 0. The zero-order chi connectivity index (χ0) is 15.4. The third-order valence-electron chi connectivity index (χ3n) is 3.56. The molecule has 0 amide bonds. The van der Waals surface area contributed by atoms with Gasteiger partial charge in [-0.2, -0.15) is 0 Å². The molecule has 0 radical (unpaired) electrons. The number of thiocarbonyl (C=S) groups is 1. The Balaban J connectivity index is 4.48. The zero-order valence-electron chi connectivity index (χ0n) is 13.7. The average Bonchev–Trinajstić information content (AvgIpc) is 2.45. The molecule has 0 aliphatic heterocycles. The fourth-order valence-corrected chi connectivity index (χ4v) is 2.50. The van der Waals surface area contributed by atoms with E-state index in [0.29, 0.717) is 5.92 Å². The Kier molecular flexibility index (Phi) is 11.5. The smallest absolute Gasteiger partial charge is 0.0977 e. The molecule has 0 saturated carbocycles. The van der Waals surface area contributed by atoms with Crippen molar-refractivity contribution in [3.05, 3.63) is 18.0 Å². The van der Waals surface area contributed by atoms with Crippen molar-refractivity contribution in [2.75, 3.05) is 7.05 Å². The van der Waals surface area contributed by atoms with Gasteiger partial charge < -0.3 is 10.6 Å². The predicted octanol–water partition coefficient (Wildman–Crippen LogP) is 4.57. The van der Waals surface area contributed by atoms with E-state index in [0.717, 1.165) is 29.9 Å². The lowest BCUT2D eigenvalue weighted by atomic mass is 9.95. The summed E-state index contributed by atoms with van der Waals surface area (Å²) in [6.07, 6.45) is 8.34. The SMILES string of the molecule is C=C=C(CCC)NC(CC(C)CCCCC)C(=S)NC. The first-order valence-corrected chi connectivity index (χ1v) is 8.36. The van der Waals surface area contributed by atoms with Crippen LogP contribution in [0.1, 0.15) is 65.7 Å². The van der Waals surface area contributed by atoms with Crippen LogP contribution in [0.25, 0.3) is 0 Å². The van der Waals surface area contributed by atoms with E-state index in [1.807, 2.05) is 7.05 Å². The van der Waals surface area contributed by atoms with Crippen molar-refractivity contribution in [2.45, 2.75) is 71.8 Å². The number of hydrogen-bond donors (Lipinski definition) is 2. The number of likely N-dealkylation sites (N-methyl/N-ethyl adjacent to an activating group) is 1. The lowest BCUT2D eigenvalue weighted by Gasteiger charge is -2.24. The van der Waals surface area contributed by atoms with Crippen LogP contribution in [0.3, 0.4) is 0 Å². The Bertz CT molecular complexity index is 319. The van der Waals surface area contributed by atoms with Crippen LogP contribution in [-0.4, -0.2) is 18.1 Å². The van der Waals surface area contributed by atoms with Gasteiger partial charge >= 0.3 is 0 Å². The zero-order valence-corrected chi connectivity index (χ0v) is 14.5. The van der Waals surface area contributed by atoms with Crippen LogP contribution in [0.2, 0.25) is 0 Å². The third-order valence-corrected chi connectivity index (χ3v) is 4.05. The first kappa shape index (κ1) is 19.2. The molecule has 2 unspecified atom stereocenters. The Labute approximate surface area is 131 Å². The Morgan fingerprint density at radius 1 is 1.25 bits per heavy atom.